The van der Waals surface area contributed by atoms with E-state index in [1.54, 1.807) is 0 Å². The van der Waals surface area contributed by atoms with Gasteiger partial charge in [0, 0.05) is 31.4 Å². The van der Waals surface area contributed by atoms with Crippen LogP contribution in [0.5, 0.6) is 0 Å². The Kier molecular flexibility index (Phi) is 4.83. The predicted octanol–water partition coefficient (Wildman–Crippen LogP) is 2.37. The highest BCUT2D eigenvalue weighted by Gasteiger charge is 2.23. The first-order valence-electron chi connectivity index (χ1n) is 7.40. The van der Waals surface area contributed by atoms with E-state index < -0.39 is 0 Å². The molecular formula is C16H27N3. The summed E-state index contributed by atoms with van der Waals surface area (Å²) in [5, 5.41) is 0. The maximum Gasteiger partial charge on any atom is 0.0414 e. The number of nitrogens with two attached hydrogens (primary N) is 1. The molecule has 0 spiro atoms. The molecule has 1 fully saturated rings. The molecule has 1 aromatic carbocycles. The SMILES string of the molecule is CCC1CN(C)CCCN1c1ccc(C)cc1CN. The molecule has 0 aromatic heterocycles. The van der Waals surface area contributed by atoms with Crippen molar-refractivity contribution in [3.63, 3.8) is 0 Å². The highest BCUT2D eigenvalue weighted by Crippen LogP contribution is 2.26. The van der Waals surface area contributed by atoms with Gasteiger partial charge in [-0.1, -0.05) is 24.6 Å². The van der Waals surface area contributed by atoms with Crippen LogP contribution in [0, 0.1) is 6.92 Å². The molecule has 2 rings (SSSR count). The van der Waals surface area contributed by atoms with Crippen LogP contribution in [-0.4, -0.2) is 37.6 Å². The molecule has 0 bridgehead atoms. The quantitative estimate of drug-likeness (QED) is 0.906. The van der Waals surface area contributed by atoms with Crippen molar-refractivity contribution in [3.05, 3.63) is 29.3 Å². The molecule has 1 unspecified atom stereocenters. The van der Waals surface area contributed by atoms with E-state index in [-0.39, 0.29) is 0 Å². The van der Waals surface area contributed by atoms with Crippen molar-refractivity contribution in [1.82, 2.24) is 4.90 Å². The van der Waals surface area contributed by atoms with E-state index in [1.165, 1.54) is 36.2 Å². The molecule has 0 saturated carbocycles. The van der Waals surface area contributed by atoms with Crippen LogP contribution in [-0.2, 0) is 6.54 Å². The third kappa shape index (κ3) is 3.28. The van der Waals surface area contributed by atoms with Crippen LogP contribution < -0.4 is 10.6 Å². The first-order valence-corrected chi connectivity index (χ1v) is 7.40. The summed E-state index contributed by atoms with van der Waals surface area (Å²) in [5.74, 6) is 0. The van der Waals surface area contributed by atoms with Gasteiger partial charge < -0.3 is 15.5 Å². The third-order valence-electron chi connectivity index (χ3n) is 4.14. The van der Waals surface area contributed by atoms with Gasteiger partial charge >= 0.3 is 0 Å². The second kappa shape index (κ2) is 6.40. The molecule has 3 nitrogen and oxygen atoms in total. The second-order valence-corrected chi connectivity index (χ2v) is 5.71. The average Bonchev–Trinajstić information content (AvgIpc) is 2.60. The van der Waals surface area contributed by atoms with Crippen molar-refractivity contribution in [1.29, 1.82) is 0 Å². The molecule has 1 aromatic rings. The number of benzene rings is 1. The molecule has 0 aliphatic carbocycles. The Hall–Kier alpha value is -1.06. The monoisotopic (exact) mass is 261 g/mol. The van der Waals surface area contributed by atoms with E-state index in [1.807, 2.05) is 0 Å². The number of aryl methyl sites for hydroxylation is 1. The van der Waals surface area contributed by atoms with Crippen LogP contribution in [0.2, 0.25) is 0 Å². The predicted molar refractivity (Wildman–Crippen MR) is 82.6 cm³/mol. The number of rotatable bonds is 3. The van der Waals surface area contributed by atoms with Gasteiger partial charge in [-0.05, 0) is 45.0 Å². The topological polar surface area (TPSA) is 32.5 Å². The smallest absolute Gasteiger partial charge is 0.0414 e. The summed E-state index contributed by atoms with van der Waals surface area (Å²) in [5.41, 5.74) is 9.86. The lowest BCUT2D eigenvalue weighted by Gasteiger charge is -2.33. The Morgan fingerprint density at radius 1 is 1.32 bits per heavy atom. The molecule has 1 aliphatic heterocycles. The van der Waals surface area contributed by atoms with Gasteiger partial charge in [0.2, 0.25) is 0 Å². The molecule has 3 heteroatoms. The fourth-order valence-corrected chi connectivity index (χ4v) is 3.07. The summed E-state index contributed by atoms with van der Waals surface area (Å²) < 4.78 is 0. The van der Waals surface area contributed by atoms with E-state index in [0.29, 0.717) is 12.6 Å². The van der Waals surface area contributed by atoms with Crippen molar-refractivity contribution in [2.75, 3.05) is 31.6 Å². The lowest BCUT2D eigenvalue weighted by atomic mass is 10.1. The summed E-state index contributed by atoms with van der Waals surface area (Å²) in [6, 6.07) is 7.29. The number of nitrogens with zero attached hydrogens (tertiary/aromatic N) is 2. The molecular weight excluding hydrogens is 234 g/mol. The van der Waals surface area contributed by atoms with Crippen LogP contribution in [0.3, 0.4) is 0 Å². The Balaban J connectivity index is 2.32. The van der Waals surface area contributed by atoms with Crippen molar-refractivity contribution in [2.24, 2.45) is 5.73 Å². The zero-order valence-corrected chi connectivity index (χ0v) is 12.5. The lowest BCUT2D eigenvalue weighted by Crippen LogP contribution is -2.40. The largest absolute Gasteiger partial charge is 0.367 e. The number of likely N-dealkylation sites (N-methyl/N-ethyl adjacent to an activating group) is 1. The van der Waals surface area contributed by atoms with E-state index >= 15 is 0 Å². The van der Waals surface area contributed by atoms with Crippen molar-refractivity contribution in [2.45, 2.75) is 39.3 Å². The molecule has 0 amide bonds. The van der Waals surface area contributed by atoms with E-state index in [9.17, 15) is 0 Å². The van der Waals surface area contributed by atoms with Crippen LogP contribution in [0.4, 0.5) is 5.69 Å². The first kappa shape index (κ1) is 14.4. The third-order valence-corrected chi connectivity index (χ3v) is 4.14. The maximum absolute atomic E-state index is 5.94. The van der Waals surface area contributed by atoms with Gasteiger partial charge in [0.25, 0.3) is 0 Å². The van der Waals surface area contributed by atoms with Crippen molar-refractivity contribution < 1.29 is 0 Å². The Morgan fingerprint density at radius 2 is 2.11 bits per heavy atom. The van der Waals surface area contributed by atoms with Crippen LogP contribution in [0.1, 0.15) is 30.9 Å². The fraction of sp³-hybridized carbons (Fsp3) is 0.625. The van der Waals surface area contributed by atoms with Crippen molar-refractivity contribution in [3.8, 4) is 0 Å². The van der Waals surface area contributed by atoms with E-state index in [4.69, 9.17) is 5.73 Å². The molecule has 0 radical (unpaired) electrons. The molecule has 106 valence electrons. The molecule has 19 heavy (non-hydrogen) atoms. The number of hydrogen-bond acceptors (Lipinski definition) is 3. The normalized spacial score (nSPS) is 21.5. The number of anilines is 1. The molecule has 1 saturated heterocycles. The average molecular weight is 261 g/mol. The standard InChI is InChI=1S/C16H27N3/c1-4-15-12-18(3)8-5-9-19(15)16-7-6-13(2)10-14(16)11-17/h6-7,10,15H,4-5,8-9,11-12,17H2,1-3H3. The highest BCUT2D eigenvalue weighted by molar-refractivity contribution is 5.56. The van der Waals surface area contributed by atoms with Crippen LogP contribution in [0.25, 0.3) is 0 Å². The lowest BCUT2D eigenvalue weighted by molar-refractivity contribution is 0.328. The Bertz CT molecular complexity index is 416. The van der Waals surface area contributed by atoms with Crippen molar-refractivity contribution >= 4 is 5.69 Å². The van der Waals surface area contributed by atoms with Gasteiger partial charge in [-0.2, -0.15) is 0 Å². The summed E-state index contributed by atoms with van der Waals surface area (Å²) in [6.45, 7) is 8.52. The zero-order chi connectivity index (χ0) is 13.8. The minimum Gasteiger partial charge on any atom is -0.367 e. The Labute approximate surface area is 117 Å². The molecule has 1 heterocycles. The summed E-state index contributed by atoms with van der Waals surface area (Å²) in [7, 11) is 2.23. The van der Waals surface area contributed by atoms with Gasteiger partial charge in [-0.15, -0.1) is 0 Å². The highest BCUT2D eigenvalue weighted by atomic mass is 15.2. The minimum absolute atomic E-state index is 0.598. The van der Waals surface area contributed by atoms with Gasteiger partial charge in [-0.25, -0.2) is 0 Å². The molecule has 1 aliphatic rings. The number of hydrogen-bond donors (Lipinski definition) is 1. The fourth-order valence-electron chi connectivity index (χ4n) is 3.07. The minimum atomic E-state index is 0.598. The molecule has 1 atom stereocenters. The first-order chi connectivity index (χ1) is 9.15. The van der Waals surface area contributed by atoms with Crippen LogP contribution in [0.15, 0.2) is 18.2 Å². The van der Waals surface area contributed by atoms with E-state index in [0.717, 1.165) is 13.1 Å². The second-order valence-electron chi connectivity index (χ2n) is 5.71. The summed E-state index contributed by atoms with van der Waals surface area (Å²) >= 11 is 0. The summed E-state index contributed by atoms with van der Waals surface area (Å²) in [4.78, 5) is 5.02. The zero-order valence-electron chi connectivity index (χ0n) is 12.5. The van der Waals surface area contributed by atoms with Gasteiger partial charge in [-0.3, -0.25) is 0 Å². The Morgan fingerprint density at radius 3 is 2.79 bits per heavy atom. The van der Waals surface area contributed by atoms with Gasteiger partial charge in [0.05, 0.1) is 0 Å². The molecule has 2 N–H and O–H groups in total. The van der Waals surface area contributed by atoms with Crippen LogP contribution >= 0.6 is 0 Å². The summed E-state index contributed by atoms with van der Waals surface area (Å²) in [6.07, 6.45) is 2.41. The maximum atomic E-state index is 5.94. The van der Waals surface area contributed by atoms with E-state index in [2.05, 4.69) is 48.9 Å². The van der Waals surface area contributed by atoms with Gasteiger partial charge in [0.15, 0.2) is 0 Å². The van der Waals surface area contributed by atoms with Gasteiger partial charge in [0.1, 0.15) is 0 Å².